The molecule has 0 bridgehead atoms. The second-order valence-corrected chi connectivity index (χ2v) is 14.5. The van der Waals surface area contributed by atoms with Crippen molar-refractivity contribution in [1.82, 2.24) is 4.98 Å². The topological polar surface area (TPSA) is 53.4 Å². The smallest absolute Gasteiger partial charge is 0.127 e. The normalized spacial score (nSPS) is 12.6. The Morgan fingerprint density at radius 1 is 0.455 bits per heavy atom. The SMILES string of the molecule is Cc1cc(C(c2ccc(F)cc2)c2c(F)ccc(-c3ccc4nc5ccccc5cc4c3)c2C(c2ccc(F)cc2)c2cc(C)c(O)c(C)c2)cc(C)c1O. The molecule has 2 N–H and O–H groups in total. The van der Waals surface area contributed by atoms with Crippen LogP contribution in [0.5, 0.6) is 11.5 Å². The third kappa shape index (κ3) is 6.58. The van der Waals surface area contributed by atoms with Crippen molar-refractivity contribution in [1.29, 1.82) is 0 Å². The highest BCUT2D eigenvalue weighted by Crippen LogP contribution is 2.48. The number of aromatic nitrogens is 1. The number of benzene rings is 7. The van der Waals surface area contributed by atoms with Crippen LogP contribution >= 0.6 is 0 Å². The van der Waals surface area contributed by atoms with E-state index in [-0.39, 0.29) is 11.5 Å². The summed E-state index contributed by atoms with van der Waals surface area (Å²) in [5.74, 6) is -2.43. The zero-order valence-electron chi connectivity index (χ0n) is 30.8. The van der Waals surface area contributed by atoms with E-state index in [1.54, 1.807) is 44.2 Å². The van der Waals surface area contributed by atoms with Gasteiger partial charge in [0.05, 0.1) is 11.0 Å². The minimum Gasteiger partial charge on any atom is -0.507 e. The molecular weight excluding hydrogens is 692 g/mol. The van der Waals surface area contributed by atoms with Crippen molar-refractivity contribution in [2.45, 2.75) is 39.5 Å². The number of phenolic OH excluding ortho intramolecular Hbond substituents is 2. The van der Waals surface area contributed by atoms with E-state index in [9.17, 15) is 19.0 Å². The zero-order chi connectivity index (χ0) is 38.5. The Morgan fingerprint density at radius 3 is 1.49 bits per heavy atom. The van der Waals surface area contributed by atoms with Crippen molar-refractivity contribution < 1.29 is 23.4 Å². The predicted octanol–water partition coefficient (Wildman–Crippen LogP) is 12.5. The average Bonchev–Trinajstić information content (AvgIpc) is 3.17. The molecule has 8 rings (SSSR count). The average molecular weight is 730 g/mol. The lowest BCUT2D eigenvalue weighted by Gasteiger charge is -2.31. The van der Waals surface area contributed by atoms with Crippen molar-refractivity contribution in [3.63, 3.8) is 0 Å². The largest absolute Gasteiger partial charge is 0.507 e. The Balaban J connectivity index is 1.52. The molecule has 1 aromatic heterocycles. The molecule has 0 aliphatic rings. The van der Waals surface area contributed by atoms with Crippen LogP contribution in [0.1, 0.15) is 67.5 Å². The second kappa shape index (κ2) is 14.1. The first-order chi connectivity index (χ1) is 26.5. The van der Waals surface area contributed by atoms with Crippen molar-refractivity contribution in [3.8, 4) is 22.6 Å². The number of nitrogens with zero attached hydrogens (tertiary/aromatic N) is 1. The summed E-state index contributed by atoms with van der Waals surface area (Å²) >= 11 is 0. The van der Waals surface area contributed by atoms with Crippen molar-refractivity contribution in [2.24, 2.45) is 0 Å². The number of para-hydroxylation sites is 1. The summed E-state index contributed by atoms with van der Waals surface area (Å²) in [5.41, 5.74) is 9.59. The van der Waals surface area contributed by atoms with Gasteiger partial charge in [-0.1, -0.05) is 78.9 Å². The summed E-state index contributed by atoms with van der Waals surface area (Å²) in [6, 6.07) is 39.1. The molecule has 0 fully saturated rings. The molecule has 3 nitrogen and oxygen atoms in total. The molecule has 1 heterocycles. The van der Waals surface area contributed by atoms with Crippen LogP contribution in [0.3, 0.4) is 0 Å². The number of aryl methyl sites for hydroxylation is 4. The Morgan fingerprint density at radius 2 is 0.945 bits per heavy atom. The molecule has 0 radical (unpaired) electrons. The minimum atomic E-state index is -0.762. The molecule has 6 heteroatoms. The number of rotatable bonds is 7. The Labute approximate surface area is 318 Å². The Hall–Kier alpha value is -6.40. The van der Waals surface area contributed by atoms with E-state index in [1.807, 2.05) is 74.5 Å². The van der Waals surface area contributed by atoms with E-state index < -0.39 is 29.3 Å². The van der Waals surface area contributed by atoms with Crippen LogP contribution in [0, 0.1) is 45.1 Å². The van der Waals surface area contributed by atoms with Gasteiger partial charge in [-0.25, -0.2) is 18.2 Å². The molecule has 55 heavy (non-hydrogen) atoms. The summed E-state index contributed by atoms with van der Waals surface area (Å²) in [6.07, 6.45) is 0. The molecule has 0 saturated heterocycles. The van der Waals surface area contributed by atoms with E-state index in [1.165, 1.54) is 30.3 Å². The van der Waals surface area contributed by atoms with Crippen LogP contribution in [0.25, 0.3) is 32.9 Å². The molecule has 0 aliphatic heterocycles. The van der Waals surface area contributed by atoms with E-state index in [4.69, 9.17) is 4.98 Å². The van der Waals surface area contributed by atoms with Gasteiger partial charge in [0.25, 0.3) is 0 Å². The maximum atomic E-state index is 17.4. The number of aromatic hydroxyl groups is 2. The third-order valence-corrected chi connectivity index (χ3v) is 10.7. The number of phenols is 2. The van der Waals surface area contributed by atoms with Gasteiger partial charge in [-0.15, -0.1) is 0 Å². The molecule has 7 aromatic carbocycles. The van der Waals surface area contributed by atoms with Gasteiger partial charge in [0.1, 0.15) is 29.0 Å². The molecule has 0 spiro atoms. The first-order valence-corrected chi connectivity index (χ1v) is 18.2. The van der Waals surface area contributed by atoms with Crippen molar-refractivity contribution in [2.75, 3.05) is 0 Å². The van der Waals surface area contributed by atoms with Crippen LogP contribution < -0.4 is 0 Å². The summed E-state index contributed by atoms with van der Waals surface area (Å²) in [6.45, 7) is 7.25. The van der Waals surface area contributed by atoms with E-state index in [0.29, 0.717) is 50.1 Å². The first-order valence-electron chi connectivity index (χ1n) is 18.2. The summed E-state index contributed by atoms with van der Waals surface area (Å²) in [7, 11) is 0. The summed E-state index contributed by atoms with van der Waals surface area (Å²) in [5, 5.41) is 23.7. The molecule has 2 unspecified atom stereocenters. The van der Waals surface area contributed by atoms with Crippen LogP contribution in [0.4, 0.5) is 13.2 Å². The van der Waals surface area contributed by atoms with Crippen molar-refractivity contribution in [3.05, 3.63) is 207 Å². The summed E-state index contributed by atoms with van der Waals surface area (Å²) in [4.78, 5) is 4.90. The predicted molar refractivity (Wildman–Crippen MR) is 214 cm³/mol. The quantitative estimate of drug-likeness (QED) is 0.127. The number of hydrogen-bond acceptors (Lipinski definition) is 3. The number of halogens is 3. The molecule has 0 saturated carbocycles. The Bertz CT molecular complexity index is 2710. The number of fused-ring (bicyclic) bond motifs is 2. The molecule has 2 atom stereocenters. The highest BCUT2D eigenvalue weighted by molar-refractivity contribution is 5.95. The van der Waals surface area contributed by atoms with E-state index >= 15 is 4.39 Å². The molecule has 0 amide bonds. The monoisotopic (exact) mass is 729 g/mol. The van der Waals surface area contributed by atoms with E-state index in [2.05, 4.69) is 12.1 Å². The lowest BCUT2D eigenvalue weighted by atomic mass is 9.72. The van der Waals surface area contributed by atoms with Gasteiger partial charge in [0, 0.05) is 28.2 Å². The fourth-order valence-corrected chi connectivity index (χ4v) is 8.09. The number of pyridine rings is 1. The molecule has 0 aliphatic carbocycles. The van der Waals surface area contributed by atoms with Gasteiger partial charge in [0.15, 0.2) is 0 Å². The fraction of sp³-hybridized carbons (Fsp3) is 0.122. The highest BCUT2D eigenvalue weighted by atomic mass is 19.1. The van der Waals surface area contributed by atoms with Gasteiger partial charge >= 0.3 is 0 Å². The standard InChI is InChI=1S/C49H38F3NO2/c1-27-21-36(22-28(2)48(27)54)44(31-9-14-38(50)15-10-31)46-40(33-13-20-43-35(25-33)26-34-7-5-6-8-42(34)53-43)18-19-41(52)47(46)45(32-11-16-39(51)17-12-32)37-23-29(3)49(55)30(4)24-37/h5-26,44-45,54-55H,1-4H3. The zero-order valence-corrected chi connectivity index (χ0v) is 30.8. The maximum Gasteiger partial charge on any atom is 0.127 e. The molecular formula is C49H38F3NO2. The second-order valence-electron chi connectivity index (χ2n) is 14.5. The van der Waals surface area contributed by atoms with Crippen LogP contribution in [-0.2, 0) is 0 Å². The lowest BCUT2D eigenvalue weighted by Crippen LogP contribution is -2.16. The van der Waals surface area contributed by atoms with Gasteiger partial charge in [-0.05, 0) is 143 Å². The highest BCUT2D eigenvalue weighted by Gasteiger charge is 2.33. The number of hydrogen-bond donors (Lipinski definition) is 2. The first kappa shape index (κ1) is 35.6. The summed E-state index contributed by atoms with van der Waals surface area (Å²) < 4.78 is 46.6. The molecule has 272 valence electrons. The fourth-order valence-electron chi connectivity index (χ4n) is 8.09. The molecule has 8 aromatic rings. The van der Waals surface area contributed by atoms with Gasteiger partial charge in [-0.2, -0.15) is 0 Å². The minimum absolute atomic E-state index is 0.146. The maximum absolute atomic E-state index is 17.4. The van der Waals surface area contributed by atoms with Crippen LogP contribution in [0.15, 0.2) is 133 Å². The van der Waals surface area contributed by atoms with Crippen LogP contribution in [-0.4, -0.2) is 15.2 Å². The Kier molecular flexibility index (Phi) is 9.14. The van der Waals surface area contributed by atoms with Gasteiger partial charge < -0.3 is 10.2 Å². The van der Waals surface area contributed by atoms with Crippen LogP contribution in [0.2, 0.25) is 0 Å². The van der Waals surface area contributed by atoms with Gasteiger partial charge in [-0.3, -0.25) is 0 Å². The van der Waals surface area contributed by atoms with Gasteiger partial charge in [0.2, 0.25) is 0 Å². The lowest BCUT2D eigenvalue weighted by molar-refractivity contribution is 0.466. The van der Waals surface area contributed by atoms with E-state index in [0.717, 1.165) is 38.5 Å². The van der Waals surface area contributed by atoms with Crippen molar-refractivity contribution >= 4 is 21.8 Å². The third-order valence-electron chi connectivity index (χ3n) is 10.7.